The van der Waals surface area contributed by atoms with E-state index in [1.807, 2.05) is 0 Å². The molecule has 1 atom stereocenters. The van der Waals surface area contributed by atoms with Crippen molar-refractivity contribution in [2.24, 2.45) is 5.92 Å². The number of fused-ring (bicyclic) bond motifs is 6. The quantitative estimate of drug-likeness (QED) is 0.187. The van der Waals surface area contributed by atoms with Crippen molar-refractivity contribution in [1.82, 2.24) is 0 Å². The lowest BCUT2D eigenvalue weighted by molar-refractivity contribution is 0.740. The summed E-state index contributed by atoms with van der Waals surface area (Å²) in [6.45, 7) is 4.47. The van der Waals surface area contributed by atoms with Gasteiger partial charge in [-0.05, 0) is 126 Å². The summed E-state index contributed by atoms with van der Waals surface area (Å²) >= 11 is 0. The fraction of sp³-hybridized carbons (Fsp3) is 0.0909. The Morgan fingerprint density at radius 3 is 1.57 bits per heavy atom. The average molecular weight is 563 g/mol. The van der Waals surface area contributed by atoms with Crippen molar-refractivity contribution in [3.8, 4) is 33.4 Å². The zero-order valence-corrected chi connectivity index (χ0v) is 25.2. The Labute approximate surface area is 259 Å². The maximum Gasteiger partial charge on any atom is -0.00928 e. The molecular formula is C44H34. The minimum absolute atomic E-state index is 0.547. The highest BCUT2D eigenvalue weighted by Crippen LogP contribution is 2.39. The van der Waals surface area contributed by atoms with Crippen LogP contribution in [0.4, 0.5) is 0 Å². The predicted molar refractivity (Wildman–Crippen MR) is 191 cm³/mol. The van der Waals surface area contributed by atoms with Crippen LogP contribution in [0.5, 0.6) is 0 Å². The van der Waals surface area contributed by atoms with Gasteiger partial charge in [0.05, 0.1) is 0 Å². The van der Waals surface area contributed by atoms with Crippen LogP contribution in [-0.4, -0.2) is 0 Å². The SMILES string of the molecule is Cc1cccc(-c2cc(C3=CC(C)CC=C3)cc(-c3cccc(-c4ccc5c6ccccc6c6ccccc6c5c4)c3)c2)c1. The summed E-state index contributed by atoms with van der Waals surface area (Å²) in [4.78, 5) is 0. The van der Waals surface area contributed by atoms with Gasteiger partial charge in [0.15, 0.2) is 0 Å². The van der Waals surface area contributed by atoms with Gasteiger partial charge in [0.2, 0.25) is 0 Å². The molecular weight excluding hydrogens is 528 g/mol. The van der Waals surface area contributed by atoms with Crippen LogP contribution < -0.4 is 0 Å². The molecule has 0 bridgehead atoms. The van der Waals surface area contributed by atoms with Gasteiger partial charge in [0.1, 0.15) is 0 Å². The van der Waals surface area contributed by atoms with E-state index in [1.165, 1.54) is 82.4 Å². The molecule has 0 heteroatoms. The predicted octanol–water partition coefficient (Wildman–Crippen LogP) is 12.4. The molecule has 0 nitrogen and oxygen atoms in total. The number of hydrogen-bond donors (Lipinski definition) is 0. The van der Waals surface area contributed by atoms with Gasteiger partial charge in [-0.2, -0.15) is 0 Å². The molecule has 0 saturated heterocycles. The smallest absolute Gasteiger partial charge is 0.00928 e. The Bertz CT molecular complexity index is 2240. The van der Waals surface area contributed by atoms with Crippen LogP contribution in [0.25, 0.3) is 71.3 Å². The third kappa shape index (κ3) is 4.74. The topological polar surface area (TPSA) is 0 Å². The maximum absolute atomic E-state index is 2.42. The van der Waals surface area contributed by atoms with Gasteiger partial charge in [-0.15, -0.1) is 0 Å². The summed E-state index contributed by atoms with van der Waals surface area (Å²) in [5, 5.41) is 7.84. The molecule has 44 heavy (non-hydrogen) atoms. The molecule has 1 unspecified atom stereocenters. The molecule has 0 radical (unpaired) electrons. The normalized spacial score (nSPS) is 14.8. The first-order valence-electron chi connectivity index (χ1n) is 15.7. The van der Waals surface area contributed by atoms with Crippen molar-refractivity contribution in [2.45, 2.75) is 20.3 Å². The summed E-state index contributed by atoms with van der Waals surface area (Å²) in [5.74, 6) is 0.547. The van der Waals surface area contributed by atoms with E-state index in [9.17, 15) is 0 Å². The van der Waals surface area contributed by atoms with E-state index in [2.05, 4.69) is 166 Å². The lowest BCUT2D eigenvalue weighted by atomic mass is 9.88. The average Bonchev–Trinajstić information content (AvgIpc) is 3.08. The van der Waals surface area contributed by atoms with Gasteiger partial charge < -0.3 is 0 Å². The Balaban J connectivity index is 1.28. The summed E-state index contributed by atoms with van der Waals surface area (Å²) in [7, 11) is 0. The van der Waals surface area contributed by atoms with Gasteiger partial charge in [-0.1, -0.05) is 134 Å². The zero-order chi connectivity index (χ0) is 29.6. The summed E-state index contributed by atoms with van der Waals surface area (Å²) in [5.41, 5.74) is 11.3. The van der Waals surface area contributed by atoms with E-state index in [0.29, 0.717) is 5.92 Å². The summed E-state index contributed by atoms with van der Waals surface area (Å²) in [6, 6.07) is 49.6. The molecule has 1 aliphatic rings. The van der Waals surface area contributed by atoms with Crippen LogP contribution in [-0.2, 0) is 0 Å². The Morgan fingerprint density at radius 2 is 0.932 bits per heavy atom. The van der Waals surface area contributed by atoms with Crippen molar-refractivity contribution in [1.29, 1.82) is 0 Å². The number of rotatable bonds is 4. The summed E-state index contributed by atoms with van der Waals surface area (Å²) in [6.07, 6.45) is 8.12. The van der Waals surface area contributed by atoms with Crippen molar-refractivity contribution in [3.63, 3.8) is 0 Å². The highest BCUT2D eigenvalue weighted by Gasteiger charge is 2.13. The fourth-order valence-electron chi connectivity index (χ4n) is 6.95. The first-order chi connectivity index (χ1) is 21.6. The van der Waals surface area contributed by atoms with E-state index >= 15 is 0 Å². The second-order valence-corrected chi connectivity index (χ2v) is 12.3. The minimum Gasteiger partial charge on any atom is -0.0834 e. The lowest BCUT2D eigenvalue weighted by Crippen LogP contribution is -1.96. The van der Waals surface area contributed by atoms with Gasteiger partial charge in [-0.25, -0.2) is 0 Å². The number of benzene rings is 7. The van der Waals surface area contributed by atoms with Gasteiger partial charge >= 0.3 is 0 Å². The first-order valence-corrected chi connectivity index (χ1v) is 15.7. The van der Waals surface area contributed by atoms with E-state index < -0.39 is 0 Å². The maximum atomic E-state index is 2.42. The van der Waals surface area contributed by atoms with Crippen LogP contribution in [0.3, 0.4) is 0 Å². The molecule has 0 aromatic heterocycles. The van der Waals surface area contributed by atoms with E-state index in [-0.39, 0.29) is 0 Å². The van der Waals surface area contributed by atoms with Crippen LogP contribution in [0, 0.1) is 12.8 Å². The zero-order valence-electron chi connectivity index (χ0n) is 25.2. The van der Waals surface area contributed by atoms with Gasteiger partial charge in [0.25, 0.3) is 0 Å². The molecule has 0 saturated carbocycles. The molecule has 0 aliphatic heterocycles. The molecule has 0 fully saturated rings. The Hall–Kier alpha value is -5.20. The second-order valence-electron chi connectivity index (χ2n) is 12.3. The molecule has 8 rings (SSSR count). The second kappa shape index (κ2) is 10.8. The molecule has 0 amide bonds. The first kappa shape index (κ1) is 26.4. The van der Waals surface area contributed by atoms with Crippen molar-refractivity contribution >= 4 is 37.9 Å². The number of aryl methyl sites for hydroxylation is 1. The highest BCUT2D eigenvalue weighted by molar-refractivity contribution is 6.25. The molecule has 1 aliphatic carbocycles. The molecule has 7 aromatic rings. The molecule has 7 aromatic carbocycles. The van der Waals surface area contributed by atoms with Crippen LogP contribution in [0.15, 0.2) is 152 Å². The third-order valence-electron chi connectivity index (χ3n) is 9.16. The van der Waals surface area contributed by atoms with Gasteiger partial charge in [-0.3, -0.25) is 0 Å². The highest BCUT2D eigenvalue weighted by atomic mass is 14.2. The van der Waals surface area contributed by atoms with Crippen LogP contribution in [0.1, 0.15) is 24.5 Å². The Kier molecular flexibility index (Phi) is 6.50. The van der Waals surface area contributed by atoms with Crippen molar-refractivity contribution in [3.05, 3.63) is 163 Å². The van der Waals surface area contributed by atoms with E-state index in [1.54, 1.807) is 0 Å². The molecule has 210 valence electrons. The van der Waals surface area contributed by atoms with Crippen molar-refractivity contribution in [2.75, 3.05) is 0 Å². The number of allylic oxidation sites excluding steroid dienone is 4. The molecule has 0 spiro atoms. The summed E-state index contributed by atoms with van der Waals surface area (Å²) < 4.78 is 0. The van der Waals surface area contributed by atoms with Crippen molar-refractivity contribution < 1.29 is 0 Å². The number of hydrogen-bond acceptors (Lipinski definition) is 0. The Morgan fingerprint density at radius 1 is 0.432 bits per heavy atom. The van der Waals surface area contributed by atoms with Crippen LogP contribution >= 0.6 is 0 Å². The lowest BCUT2D eigenvalue weighted by Gasteiger charge is -2.16. The third-order valence-corrected chi connectivity index (χ3v) is 9.16. The van der Waals surface area contributed by atoms with E-state index in [0.717, 1.165) is 6.42 Å². The fourth-order valence-corrected chi connectivity index (χ4v) is 6.95. The molecule has 0 N–H and O–H groups in total. The van der Waals surface area contributed by atoms with E-state index in [4.69, 9.17) is 0 Å². The van der Waals surface area contributed by atoms with Crippen LogP contribution in [0.2, 0.25) is 0 Å². The minimum atomic E-state index is 0.547. The monoisotopic (exact) mass is 562 g/mol. The largest absolute Gasteiger partial charge is 0.0834 e. The molecule has 0 heterocycles. The standard InChI is InChI=1S/C44H34/c1-29-10-7-12-31(22-29)36-25-37(32-13-8-11-30(2)23-32)27-38(26-36)34-15-9-14-33(24-34)35-20-21-43-41-18-4-3-16-39(41)40-17-5-6-19-42(40)44(43)28-35/h3-10,12-28,30H,11H2,1-2H3. The van der Waals surface area contributed by atoms with Gasteiger partial charge in [0, 0.05) is 0 Å².